The Bertz CT molecular complexity index is 393. The summed E-state index contributed by atoms with van der Waals surface area (Å²) in [4.78, 5) is 0. The topological polar surface area (TPSA) is 52.5 Å². The van der Waals surface area contributed by atoms with E-state index in [0.717, 1.165) is 30.4 Å². The van der Waals surface area contributed by atoms with E-state index >= 15 is 0 Å². The predicted octanol–water partition coefficient (Wildman–Crippen LogP) is 2.53. The first-order chi connectivity index (χ1) is 7.58. The number of fused-ring (bicyclic) bond motifs is 1. The summed E-state index contributed by atoms with van der Waals surface area (Å²) in [7, 11) is 0. The van der Waals surface area contributed by atoms with Crippen LogP contribution >= 0.6 is 17.0 Å². The Labute approximate surface area is 113 Å². The van der Waals surface area contributed by atoms with Gasteiger partial charge in [-0.2, -0.15) is 0 Å². The molecule has 2 rings (SSSR count). The molecule has 17 heavy (non-hydrogen) atoms. The first kappa shape index (κ1) is 14.3. The lowest BCUT2D eigenvalue weighted by Crippen LogP contribution is -2.38. The van der Waals surface area contributed by atoms with Crippen molar-refractivity contribution in [3.8, 4) is 11.5 Å². The number of halogens is 1. The molecule has 3 nitrogen and oxygen atoms in total. The average Bonchev–Trinajstić information content (AvgIpc) is 2.23. The van der Waals surface area contributed by atoms with E-state index in [1.807, 2.05) is 6.07 Å². The van der Waals surface area contributed by atoms with Crippen molar-refractivity contribution >= 4 is 17.0 Å². The number of hydrogen-bond acceptors (Lipinski definition) is 3. The molecule has 0 amide bonds. The molecule has 3 N–H and O–H groups in total. The highest BCUT2D eigenvalue weighted by molar-refractivity contribution is 8.93. The Kier molecular flexibility index (Phi) is 4.83. The van der Waals surface area contributed by atoms with Crippen molar-refractivity contribution < 1.29 is 10.2 Å². The molecule has 1 aliphatic carbocycles. The third-order valence-electron chi connectivity index (χ3n) is 3.14. The van der Waals surface area contributed by atoms with Crippen molar-refractivity contribution in [3.05, 3.63) is 23.3 Å². The Morgan fingerprint density at radius 2 is 2.00 bits per heavy atom. The summed E-state index contributed by atoms with van der Waals surface area (Å²) >= 11 is 0. The summed E-state index contributed by atoms with van der Waals surface area (Å²) in [5.41, 5.74) is 2.07. The lowest BCUT2D eigenvalue weighted by atomic mass is 9.87. The highest BCUT2D eigenvalue weighted by Gasteiger charge is 2.22. The molecule has 0 aliphatic heterocycles. The summed E-state index contributed by atoms with van der Waals surface area (Å²) < 4.78 is 0. The van der Waals surface area contributed by atoms with E-state index in [0.29, 0.717) is 12.1 Å². The summed E-state index contributed by atoms with van der Waals surface area (Å²) in [5, 5.41) is 22.7. The molecular weight excluding hydrogens is 282 g/mol. The van der Waals surface area contributed by atoms with Crippen LogP contribution < -0.4 is 5.32 Å². The maximum Gasteiger partial charge on any atom is 0.160 e. The lowest BCUT2D eigenvalue weighted by Gasteiger charge is -2.27. The van der Waals surface area contributed by atoms with Gasteiger partial charge in [0, 0.05) is 17.6 Å². The Hall–Kier alpha value is -0.740. The normalized spacial score (nSPS) is 18.6. The van der Waals surface area contributed by atoms with Gasteiger partial charge < -0.3 is 15.5 Å². The summed E-state index contributed by atoms with van der Waals surface area (Å²) in [6, 6.07) is 4.46. The van der Waals surface area contributed by atoms with Crippen LogP contribution in [0.15, 0.2) is 12.1 Å². The van der Waals surface area contributed by atoms with Gasteiger partial charge in [-0.3, -0.25) is 0 Å². The van der Waals surface area contributed by atoms with Crippen molar-refractivity contribution in [1.82, 2.24) is 5.32 Å². The fraction of sp³-hybridized carbons (Fsp3) is 0.538. The second-order valence-corrected chi connectivity index (χ2v) is 4.83. The third kappa shape index (κ3) is 3.13. The molecule has 96 valence electrons. The average molecular weight is 302 g/mol. The van der Waals surface area contributed by atoms with Gasteiger partial charge in [0.15, 0.2) is 11.5 Å². The number of benzene rings is 1. The summed E-state index contributed by atoms with van der Waals surface area (Å²) in [6.07, 6.45) is 2.78. The van der Waals surface area contributed by atoms with Gasteiger partial charge in [-0.25, -0.2) is 0 Å². The second kappa shape index (κ2) is 5.74. The molecule has 0 spiro atoms. The quantitative estimate of drug-likeness (QED) is 0.736. The molecule has 0 heterocycles. The van der Waals surface area contributed by atoms with Crippen LogP contribution in [0.3, 0.4) is 0 Å². The molecule has 4 heteroatoms. The van der Waals surface area contributed by atoms with Crippen LogP contribution in [0.4, 0.5) is 0 Å². The van der Waals surface area contributed by atoms with Crippen molar-refractivity contribution in [1.29, 1.82) is 0 Å². The highest BCUT2D eigenvalue weighted by atomic mass is 79.9. The molecule has 1 unspecified atom stereocenters. The number of nitrogens with one attached hydrogen (secondary N) is 1. The van der Waals surface area contributed by atoms with Crippen LogP contribution in [0.1, 0.15) is 31.4 Å². The first-order valence-corrected chi connectivity index (χ1v) is 5.86. The first-order valence-electron chi connectivity index (χ1n) is 5.86. The second-order valence-electron chi connectivity index (χ2n) is 4.83. The van der Waals surface area contributed by atoms with Crippen molar-refractivity contribution in [2.45, 2.75) is 45.2 Å². The Balaban J connectivity index is 0.00000144. The number of rotatable bonds is 2. The Morgan fingerprint density at radius 1 is 1.29 bits per heavy atom. The number of aromatic hydroxyl groups is 2. The number of phenols is 2. The van der Waals surface area contributed by atoms with Crippen LogP contribution in [-0.2, 0) is 12.8 Å². The largest absolute Gasteiger partial charge is 0.504 e. The summed E-state index contributed by atoms with van der Waals surface area (Å²) in [5.74, 6) is 0.0644. The third-order valence-corrected chi connectivity index (χ3v) is 3.14. The standard InChI is InChI=1S/C13H19NO2.BrH/c1-8(2)14-10-4-5-11-9(7-10)3-6-12(15)13(11)16;/h3,6,8,10,14-16H,4-5,7H2,1-2H3;1H. The molecule has 0 bridgehead atoms. The number of hydrogen-bond donors (Lipinski definition) is 3. The van der Waals surface area contributed by atoms with E-state index in [1.165, 1.54) is 0 Å². The number of phenolic OH excluding ortho intramolecular Hbond substituents is 2. The van der Waals surface area contributed by atoms with E-state index in [1.54, 1.807) is 6.07 Å². The lowest BCUT2D eigenvalue weighted by molar-refractivity contribution is 0.382. The van der Waals surface area contributed by atoms with E-state index in [2.05, 4.69) is 19.2 Å². The van der Waals surface area contributed by atoms with Crippen molar-refractivity contribution in [2.75, 3.05) is 0 Å². The molecule has 0 radical (unpaired) electrons. The fourth-order valence-electron chi connectivity index (χ4n) is 2.44. The molecule has 0 aromatic heterocycles. The monoisotopic (exact) mass is 301 g/mol. The molecule has 0 saturated heterocycles. The van der Waals surface area contributed by atoms with Gasteiger partial charge in [-0.15, -0.1) is 17.0 Å². The SMILES string of the molecule is Br.CC(C)NC1CCc2c(ccc(O)c2O)C1. The Morgan fingerprint density at radius 3 is 2.65 bits per heavy atom. The molecule has 1 aromatic rings. The predicted molar refractivity (Wildman–Crippen MR) is 74.2 cm³/mol. The van der Waals surface area contributed by atoms with Gasteiger partial charge in [0.05, 0.1) is 0 Å². The van der Waals surface area contributed by atoms with Gasteiger partial charge in [0.2, 0.25) is 0 Å². The zero-order valence-electron chi connectivity index (χ0n) is 10.2. The minimum atomic E-state index is -0.00554. The van der Waals surface area contributed by atoms with Gasteiger partial charge in [-0.1, -0.05) is 19.9 Å². The zero-order chi connectivity index (χ0) is 11.7. The van der Waals surface area contributed by atoms with Crippen LogP contribution in [0.2, 0.25) is 0 Å². The zero-order valence-corrected chi connectivity index (χ0v) is 11.9. The maximum atomic E-state index is 9.74. The van der Waals surface area contributed by atoms with Crippen LogP contribution in [-0.4, -0.2) is 22.3 Å². The summed E-state index contributed by atoms with van der Waals surface area (Å²) in [6.45, 7) is 4.29. The van der Waals surface area contributed by atoms with Crippen LogP contribution in [0, 0.1) is 0 Å². The molecule has 1 aliphatic rings. The van der Waals surface area contributed by atoms with Crippen molar-refractivity contribution in [2.24, 2.45) is 0 Å². The molecule has 1 atom stereocenters. The highest BCUT2D eigenvalue weighted by Crippen LogP contribution is 2.35. The molecule has 0 saturated carbocycles. The van der Waals surface area contributed by atoms with E-state index in [-0.39, 0.29) is 28.5 Å². The minimum absolute atomic E-state index is 0. The van der Waals surface area contributed by atoms with Crippen LogP contribution in [0.5, 0.6) is 11.5 Å². The van der Waals surface area contributed by atoms with Gasteiger partial charge in [-0.05, 0) is 30.9 Å². The van der Waals surface area contributed by atoms with Crippen molar-refractivity contribution in [3.63, 3.8) is 0 Å². The minimum Gasteiger partial charge on any atom is -0.504 e. The molecular formula is C13H20BrNO2. The molecule has 1 aromatic carbocycles. The van der Waals surface area contributed by atoms with Gasteiger partial charge >= 0.3 is 0 Å². The van der Waals surface area contributed by atoms with E-state index in [9.17, 15) is 10.2 Å². The van der Waals surface area contributed by atoms with Gasteiger partial charge in [0.1, 0.15) is 0 Å². The smallest absolute Gasteiger partial charge is 0.160 e. The van der Waals surface area contributed by atoms with Gasteiger partial charge in [0.25, 0.3) is 0 Å². The molecule has 0 fully saturated rings. The fourth-order valence-corrected chi connectivity index (χ4v) is 2.44. The van der Waals surface area contributed by atoms with Crippen LogP contribution in [0.25, 0.3) is 0 Å². The van der Waals surface area contributed by atoms with E-state index in [4.69, 9.17) is 0 Å². The maximum absolute atomic E-state index is 9.74. The van der Waals surface area contributed by atoms with E-state index < -0.39 is 0 Å².